The number of nitrogens with one attached hydrogen (secondary N) is 2. The Hall–Kier alpha value is -2.18. The number of rotatable bonds is 7. The first-order valence-electron chi connectivity index (χ1n) is 10.2. The van der Waals surface area contributed by atoms with Crippen LogP contribution >= 0.6 is 0 Å². The van der Waals surface area contributed by atoms with Crippen molar-refractivity contribution in [2.45, 2.75) is 52.0 Å². The van der Waals surface area contributed by atoms with Gasteiger partial charge in [0.2, 0.25) is 5.91 Å². The van der Waals surface area contributed by atoms with E-state index in [1.165, 1.54) is 6.07 Å². The Morgan fingerprint density at radius 2 is 1.93 bits per heavy atom. The summed E-state index contributed by atoms with van der Waals surface area (Å²) in [5.41, 5.74) is 0.344. The first kappa shape index (κ1) is 22.1. The quantitative estimate of drug-likeness (QED) is 0.552. The molecule has 1 aliphatic heterocycles. The number of benzene rings is 1. The number of amides is 1. The summed E-state index contributed by atoms with van der Waals surface area (Å²) in [6.45, 7) is 6.07. The first-order valence-corrected chi connectivity index (χ1v) is 10.2. The average molecular weight is 395 g/mol. The fourth-order valence-corrected chi connectivity index (χ4v) is 3.58. The molecule has 1 aliphatic rings. The highest BCUT2D eigenvalue weighted by Gasteiger charge is 2.26. The van der Waals surface area contributed by atoms with Crippen molar-refractivity contribution in [3.8, 4) is 0 Å². The number of nitrogens with zero attached hydrogens (tertiary/aromatic N) is 2. The second-order valence-electron chi connectivity index (χ2n) is 7.24. The number of carbonyl (C=O) groups is 1. The first-order chi connectivity index (χ1) is 13.5. The fraction of sp³-hybridized carbons (Fsp3) is 0.619. The van der Waals surface area contributed by atoms with Crippen LogP contribution in [0.25, 0.3) is 0 Å². The van der Waals surface area contributed by atoms with Gasteiger partial charge in [0.1, 0.15) is 11.6 Å². The maximum Gasteiger partial charge on any atom is 0.225 e. The lowest BCUT2D eigenvalue weighted by Gasteiger charge is -2.34. The van der Waals surface area contributed by atoms with Crippen LogP contribution in [0.3, 0.4) is 0 Å². The summed E-state index contributed by atoms with van der Waals surface area (Å²) in [4.78, 5) is 18.7. The normalized spacial score (nSPS) is 15.8. The van der Waals surface area contributed by atoms with Crippen LogP contribution in [0.4, 0.5) is 8.78 Å². The van der Waals surface area contributed by atoms with Crippen LogP contribution in [0.2, 0.25) is 0 Å². The molecule has 1 saturated heterocycles. The van der Waals surface area contributed by atoms with Gasteiger partial charge in [-0.05, 0) is 55.9 Å². The highest BCUT2D eigenvalue weighted by Crippen LogP contribution is 2.17. The summed E-state index contributed by atoms with van der Waals surface area (Å²) >= 11 is 0. The van der Waals surface area contributed by atoms with Crippen LogP contribution in [-0.4, -0.2) is 49.5 Å². The third-order valence-corrected chi connectivity index (χ3v) is 5.40. The van der Waals surface area contributed by atoms with E-state index >= 15 is 0 Å². The predicted molar refractivity (Wildman–Crippen MR) is 108 cm³/mol. The molecule has 2 N–H and O–H groups in total. The van der Waals surface area contributed by atoms with Crippen LogP contribution < -0.4 is 10.6 Å². The molecule has 0 bridgehead atoms. The molecule has 2 rings (SSSR count). The minimum atomic E-state index is -0.436. The maximum atomic E-state index is 13.7. The number of hydrogen-bond donors (Lipinski definition) is 2. The van der Waals surface area contributed by atoms with E-state index in [0.717, 1.165) is 50.9 Å². The number of guanidine groups is 1. The second kappa shape index (κ2) is 11.0. The van der Waals surface area contributed by atoms with Crippen molar-refractivity contribution >= 4 is 11.9 Å². The number of carbonyl (C=O) groups excluding carboxylic acids is 1. The van der Waals surface area contributed by atoms with Crippen molar-refractivity contribution in [2.75, 3.05) is 26.7 Å². The largest absolute Gasteiger partial charge is 0.356 e. The Balaban J connectivity index is 1.76. The zero-order valence-electron chi connectivity index (χ0n) is 17.1. The van der Waals surface area contributed by atoms with Crippen LogP contribution in [0.5, 0.6) is 0 Å². The molecular weight excluding hydrogens is 362 g/mol. The van der Waals surface area contributed by atoms with Crippen molar-refractivity contribution < 1.29 is 13.6 Å². The minimum absolute atomic E-state index is 0.127. The molecule has 5 nitrogen and oxygen atoms in total. The Morgan fingerprint density at radius 1 is 1.25 bits per heavy atom. The monoisotopic (exact) mass is 394 g/mol. The van der Waals surface area contributed by atoms with E-state index in [1.54, 1.807) is 7.05 Å². The molecule has 7 heteroatoms. The third-order valence-electron chi connectivity index (χ3n) is 5.40. The topological polar surface area (TPSA) is 56.7 Å². The Morgan fingerprint density at radius 3 is 2.54 bits per heavy atom. The molecule has 0 atom stereocenters. The summed E-state index contributed by atoms with van der Waals surface area (Å²) < 4.78 is 26.9. The van der Waals surface area contributed by atoms with Gasteiger partial charge in [-0.3, -0.25) is 9.79 Å². The van der Waals surface area contributed by atoms with Crippen molar-refractivity contribution in [3.05, 3.63) is 35.4 Å². The molecule has 0 saturated carbocycles. The van der Waals surface area contributed by atoms with E-state index < -0.39 is 11.6 Å². The minimum Gasteiger partial charge on any atom is -0.356 e. The molecule has 1 aromatic carbocycles. The second-order valence-corrected chi connectivity index (χ2v) is 7.24. The molecule has 0 aliphatic carbocycles. The van der Waals surface area contributed by atoms with Gasteiger partial charge >= 0.3 is 0 Å². The molecule has 28 heavy (non-hydrogen) atoms. The van der Waals surface area contributed by atoms with Gasteiger partial charge in [0.05, 0.1) is 0 Å². The predicted octanol–water partition coefficient (Wildman–Crippen LogP) is 3.10. The van der Waals surface area contributed by atoms with Crippen LogP contribution in [0.1, 0.15) is 45.1 Å². The number of aliphatic imine (C=N–C) groups is 1. The number of piperidine rings is 1. The lowest BCUT2D eigenvalue weighted by atomic mass is 9.98. The van der Waals surface area contributed by atoms with Crippen molar-refractivity contribution in [1.29, 1.82) is 0 Å². The summed E-state index contributed by atoms with van der Waals surface area (Å²) in [7, 11) is 1.68. The number of halogens is 2. The summed E-state index contributed by atoms with van der Waals surface area (Å²) in [5.74, 6) is 0.195. The van der Waals surface area contributed by atoms with Crippen LogP contribution in [-0.2, 0) is 11.2 Å². The van der Waals surface area contributed by atoms with Gasteiger partial charge in [-0.25, -0.2) is 8.78 Å². The summed E-state index contributed by atoms with van der Waals surface area (Å²) in [6.07, 6.45) is 3.87. The van der Waals surface area contributed by atoms with Gasteiger partial charge in [-0.1, -0.05) is 13.8 Å². The van der Waals surface area contributed by atoms with Gasteiger partial charge in [-0.15, -0.1) is 0 Å². The Bertz CT molecular complexity index is 668. The Kier molecular flexibility index (Phi) is 8.67. The molecule has 0 aromatic heterocycles. The zero-order chi connectivity index (χ0) is 20.5. The van der Waals surface area contributed by atoms with Gasteiger partial charge in [0.15, 0.2) is 5.96 Å². The summed E-state index contributed by atoms with van der Waals surface area (Å²) in [6, 6.07) is 3.73. The molecule has 0 unspecified atom stereocenters. The van der Waals surface area contributed by atoms with Gasteiger partial charge in [0, 0.05) is 38.6 Å². The van der Waals surface area contributed by atoms with Crippen molar-refractivity contribution in [3.63, 3.8) is 0 Å². The standard InChI is InChI=1S/C21H32F2N4O/c1-4-15(5-2)20(28)27-12-9-18(10-13-27)26-21(24-3)25-11-8-16-14-17(22)6-7-19(16)23/h6-7,14-15,18H,4-5,8-13H2,1-3H3,(H2,24,25,26). The highest BCUT2D eigenvalue weighted by molar-refractivity contribution is 5.80. The van der Waals surface area contributed by atoms with Crippen LogP contribution in [0, 0.1) is 17.6 Å². The highest BCUT2D eigenvalue weighted by atomic mass is 19.1. The number of hydrogen-bond acceptors (Lipinski definition) is 2. The lowest BCUT2D eigenvalue weighted by molar-refractivity contribution is -0.136. The SMILES string of the molecule is CCC(CC)C(=O)N1CCC(NC(=NC)NCCc2cc(F)ccc2F)CC1. The maximum absolute atomic E-state index is 13.7. The number of likely N-dealkylation sites (tertiary alicyclic amines) is 1. The fourth-order valence-electron chi connectivity index (χ4n) is 3.58. The molecule has 1 aromatic rings. The molecule has 1 amide bonds. The third kappa shape index (κ3) is 6.17. The van der Waals surface area contributed by atoms with Crippen molar-refractivity contribution in [1.82, 2.24) is 15.5 Å². The van der Waals surface area contributed by atoms with Gasteiger partial charge in [-0.2, -0.15) is 0 Å². The van der Waals surface area contributed by atoms with E-state index in [2.05, 4.69) is 29.5 Å². The van der Waals surface area contributed by atoms with Gasteiger partial charge < -0.3 is 15.5 Å². The molecule has 0 radical (unpaired) electrons. The van der Waals surface area contributed by atoms with Crippen LogP contribution in [0.15, 0.2) is 23.2 Å². The van der Waals surface area contributed by atoms with E-state index in [0.29, 0.717) is 24.5 Å². The van der Waals surface area contributed by atoms with Gasteiger partial charge in [0.25, 0.3) is 0 Å². The van der Waals surface area contributed by atoms with Crippen molar-refractivity contribution in [2.24, 2.45) is 10.9 Å². The smallest absolute Gasteiger partial charge is 0.225 e. The lowest BCUT2D eigenvalue weighted by Crippen LogP contribution is -2.50. The zero-order valence-corrected chi connectivity index (χ0v) is 17.1. The van der Waals surface area contributed by atoms with E-state index in [9.17, 15) is 13.6 Å². The molecule has 0 spiro atoms. The molecular formula is C21H32F2N4O. The average Bonchev–Trinajstić information content (AvgIpc) is 2.71. The Labute approximate surface area is 166 Å². The van der Waals surface area contributed by atoms with E-state index in [-0.39, 0.29) is 17.9 Å². The summed E-state index contributed by atoms with van der Waals surface area (Å²) in [5, 5.41) is 6.52. The van der Waals surface area contributed by atoms with E-state index in [4.69, 9.17) is 0 Å². The molecule has 1 fully saturated rings. The van der Waals surface area contributed by atoms with E-state index in [1.807, 2.05) is 4.90 Å². The molecule has 1 heterocycles. The molecule has 156 valence electrons.